The highest BCUT2D eigenvalue weighted by molar-refractivity contribution is 5.99. The van der Waals surface area contributed by atoms with Gasteiger partial charge in [-0.05, 0) is 37.5 Å². The summed E-state index contributed by atoms with van der Waals surface area (Å²) in [4.78, 5) is 23.5. The van der Waals surface area contributed by atoms with E-state index in [-0.39, 0.29) is 17.2 Å². The van der Waals surface area contributed by atoms with E-state index in [0.717, 1.165) is 12.0 Å². The third-order valence-corrected chi connectivity index (χ3v) is 2.99. The Balaban J connectivity index is 2.09. The quantitative estimate of drug-likeness (QED) is 0.721. The Morgan fingerprint density at radius 2 is 2.28 bits per heavy atom. The van der Waals surface area contributed by atoms with Gasteiger partial charge in [0.05, 0.1) is 5.56 Å². The van der Waals surface area contributed by atoms with Gasteiger partial charge in [0, 0.05) is 6.54 Å². The third-order valence-electron chi connectivity index (χ3n) is 2.99. The molecule has 3 N–H and O–H groups in total. The van der Waals surface area contributed by atoms with Gasteiger partial charge in [0.25, 0.3) is 5.91 Å². The predicted molar refractivity (Wildman–Crippen MR) is 66.3 cm³/mol. The summed E-state index contributed by atoms with van der Waals surface area (Å²) in [6, 6.07) is 4.32. The number of phenols is 1. The zero-order chi connectivity index (χ0) is 13.1. The number of hydrogen-bond acceptors (Lipinski definition) is 3. The predicted octanol–water partition coefficient (Wildman–Crippen LogP) is 0.709. The number of benzene rings is 1. The molecule has 0 saturated carbocycles. The van der Waals surface area contributed by atoms with Gasteiger partial charge in [-0.25, -0.2) is 0 Å². The van der Waals surface area contributed by atoms with E-state index in [9.17, 15) is 14.7 Å². The number of piperidine rings is 1. The van der Waals surface area contributed by atoms with Crippen LogP contribution in [0.15, 0.2) is 18.2 Å². The fourth-order valence-corrected chi connectivity index (χ4v) is 1.98. The number of amides is 2. The van der Waals surface area contributed by atoms with Crippen molar-refractivity contribution in [2.24, 2.45) is 0 Å². The van der Waals surface area contributed by atoms with Crippen LogP contribution in [0.3, 0.4) is 0 Å². The van der Waals surface area contributed by atoms with Gasteiger partial charge in [-0.1, -0.05) is 6.07 Å². The highest BCUT2D eigenvalue weighted by atomic mass is 16.3. The fraction of sp³-hybridized carbons (Fsp3) is 0.385. The molecule has 1 unspecified atom stereocenters. The lowest BCUT2D eigenvalue weighted by molar-refractivity contribution is -0.124. The van der Waals surface area contributed by atoms with Crippen LogP contribution in [0, 0.1) is 6.92 Å². The summed E-state index contributed by atoms with van der Waals surface area (Å²) in [5.41, 5.74) is 1.07. The first-order chi connectivity index (χ1) is 8.58. The molecule has 96 valence electrons. The van der Waals surface area contributed by atoms with Crippen molar-refractivity contribution in [1.82, 2.24) is 10.6 Å². The summed E-state index contributed by atoms with van der Waals surface area (Å²) in [6.07, 6.45) is 1.47. The molecule has 0 bridgehead atoms. The Morgan fingerprint density at radius 1 is 1.50 bits per heavy atom. The average Bonchev–Trinajstić information content (AvgIpc) is 2.32. The van der Waals surface area contributed by atoms with Crippen LogP contribution >= 0.6 is 0 Å². The van der Waals surface area contributed by atoms with Crippen LogP contribution in [-0.4, -0.2) is 29.5 Å². The van der Waals surface area contributed by atoms with E-state index >= 15 is 0 Å². The van der Waals surface area contributed by atoms with Crippen LogP contribution in [0.4, 0.5) is 0 Å². The second kappa shape index (κ2) is 5.08. The van der Waals surface area contributed by atoms with Gasteiger partial charge in [-0.3, -0.25) is 9.59 Å². The van der Waals surface area contributed by atoms with E-state index < -0.39 is 11.9 Å². The molecule has 0 spiro atoms. The van der Waals surface area contributed by atoms with E-state index in [4.69, 9.17) is 0 Å². The second-order valence-corrected chi connectivity index (χ2v) is 4.48. The molecule has 0 radical (unpaired) electrons. The first kappa shape index (κ1) is 12.4. The van der Waals surface area contributed by atoms with E-state index in [2.05, 4.69) is 10.6 Å². The minimum Gasteiger partial charge on any atom is -0.507 e. The van der Waals surface area contributed by atoms with E-state index in [1.165, 1.54) is 6.07 Å². The lowest BCUT2D eigenvalue weighted by atomic mass is 10.1. The standard InChI is InChI=1S/C13H16N2O3/c1-8-4-5-9(11(16)7-8)12(17)15-10-3-2-6-14-13(10)18/h4-5,7,10,16H,2-3,6H2,1H3,(H,14,18)(H,15,17). The van der Waals surface area contributed by atoms with Gasteiger partial charge in [0.15, 0.2) is 0 Å². The molecule has 1 aliphatic rings. The summed E-state index contributed by atoms with van der Waals surface area (Å²) in [5.74, 6) is -0.653. The van der Waals surface area contributed by atoms with Crippen molar-refractivity contribution < 1.29 is 14.7 Å². The molecule has 2 amide bonds. The lowest BCUT2D eigenvalue weighted by Gasteiger charge is -2.22. The molecule has 0 aromatic heterocycles. The minimum atomic E-state index is -0.507. The van der Waals surface area contributed by atoms with Crippen LogP contribution in [0.2, 0.25) is 0 Å². The Labute approximate surface area is 105 Å². The molecule has 1 aromatic carbocycles. The Morgan fingerprint density at radius 3 is 2.94 bits per heavy atom. The molecular formula is C13H16N2O3. The lowest BCUT2D eigenvalue weighted by Crippen LogP contribution is -2.50. The smallest absolute Gasteiger partial charge is 0.255 e. The zero-order valence-corrected chi connectivity index (χ0v) is 10.2. The van der Waals surface area contributed by atoms with Gasteiger partial charge in [-0.15, -0.1) is 0 Å². The Hall–Kier alpha value is -2.04. The van der Waals surface area contributed by atoms with Gasteiger partial charge in [-0.2, -0.15) is 0 Å². The molecule has 1 aromatic rings. The molecule has 1 saturated heterocycles. The van der Waals surface area contributed by atoms with Crippen molar-refractivity contribution in [1.29, 1.82) is 0 Å². The number of aromatic hydroxyl groups is 1. The summed E-state index contributed by atoms with van der Waals surface area (Å²) < 4.78 is 0. The van der Waals surface area contributed by atoms with E-state index in [1.54, 1.807) is 12.1 Å². The Kier molecular flexibility index (Phi) is 3.50. The monoisotopic (exact) mass is 248 g/mol. The first-order valence-corrected chi connectivity index (χ1v) is 5.96. The maximum atomic E-state index is 11.9. The zero-order valence-electron chi connectivity index (χ0n) is 10.2. The maximum absolute atomic E-state index is 11.9. The summed E-state index contributed by atoms with van der Waals surface area (Å²) >= 11 is 0. The molecule has 0 aliphatic carbocycles. The van der Waals surface area contributed by atoms with Crippen LogP contribution in [-0.2, 0) is 4.79 Å². The van der Waals surface area contributed by atoms with Crippen molar-refractivity contribution in [2.75, 3.05) is 6.54 Å². The van der Waals surface area contributed by atoms with Crippen molar-refractivity contribution in [3.8, 4) is 5.75 Å². The minimum absolute atomic E-state index is 0.0660. The summed E-state index contributed by atoms with van der Waals surface area (Å²) in [5, 5.41) is 15.0. The highest BCUT2D eigenvalue weighted by Gasteiger charge is 2.24. The Bertz CT molecular complexity index is 485. The molecule has 1 aliphatic heterocycles. The average molecular weight is 248 g/mol. The largest absolute Gasteiger partial charge is 0.507 e. The van der Waals surface area contributed by atoms with E-state index in [0.29, 0.717) is 13.0 Å². The van der Waals surface area contributed by atoms with Crippen LogP contribution in [0.5, 0.6) is 5.75 Å². The molecule has 5 heteroatoms. The van der Waals surface area contributed by atoms with Crippen molar-refractivity contribution in [3.63, 3.8) is 0 Å². The number of hydrogen-bond donors (Lipinski definition) is 3. The number of rotatable bonds is 2. The van der Waals surface area contributed by atoms with E-state index in [1.807, 2.05) is 6.92 Å². The van der Waals surface area contributed by atoms with Gasteiger partial charge < -0.3 is 15.7 Å². The third kappa shape index (κ3) is 2.61. The molecule has 5 nitrogen and oxygen atoms in total. The SMILES string of the molecule is Cc1ccc(C(=O)NC2CCCNC2=O)c(O)c1. The number of carbonyl (C=O) groups is 2. The van der Waals surface area contributed by atoms with Crippen molar-refractivity contribution in [3.05, 3.63) is 29.3 Å². The second-order valence-electron chi connectivity index (χ2n) is 4.48. The summed E-state index contributed by atoms with van der Waals surface area (Å²) in [7, 11) is 0. The molecule has 1 atom stereocenters. The van der Waals surface area contributed by atoms with Crippen LogP contribution in [0.25, 0.3) is 0 Å². The normalized spacial score (nSPS) is 19.2. The molecule has 18 heavy (non-hydrogen) atoms. The molecular weight excluding hydrogens is 232 g/mol. The number of nitrogens with one attached hydrogen (secondary N) is 2. The molecule has 2 rings (SSSR count). The molecule has 1 fully saturated rings. The number of phenolic OH excluding ortho intramolecular Hbond substituents is 1. The highest BCUT2D eigenvalue weighted by Crippen LogP contribution is 2.18. The first-order valence-electron chi connectivity index (χ1n) is 5.96. The molecule has 1 heterocycles. The fourth-order valence-electron chi connectivity index (χ4n) is 1.98. The maximum Gasteiger partial charge on any atom is 0.255 e. The van der Waals surface area contributed by atoms with Crippen LogP contribution in [0.1, 0.15) is 28.8 Å². The van der Waals surface area contributed by atoms with Crippen molar-refractivity contribution in [2.45, 2.75) is 25.8 Å². The number of aryl methyl sites for hydroxylation is 1. The van der Waals surface area contributed by atoms with Crippen LogP contribution < -0.4 is 10.6 Å². The van der Waals surface area contributed by atoms with Gasteiger partial charge >= 0.3 is 0 Å². The van der Waals surface area contributed by atoms with Crippen molar-refractivity contribution >= 4 is 11.8 Å². The van der Waals surface area contributed by atoms with Gasteiger partial charge in [0.1, 0.15) is 11.8 Å². The summed E-state index contributed by atoms with van der Waals surface area (Å²) in [6.45, 7) is 2.48. The van der Waals surface area contributed by atoms with Gasteiger partial charge in [0.2, 0.25) is 5.91 Å². The number of carbonyl (C=O) groups excluding carboxylic acids is 2. The topological polar surface area (TPSA) is 78.4 Å².